The number of hydrogen-bond acceptors (Lipinski definition) is 4. The van der Waals surface area contributed by atoms with Gasteiger partial charge in [-0.1, -0.05) is 30.3 Å². The molecule has 1 aromatic carbocycles. The molecule has 174 valence electrons. The molecule has 0 spiro atoms. The molecule has 2 aromatic rings. The van der Waals surface area contributed by atoms with Crippen LogP contribution in [-0.4, -0.2) is 18.5 Å². The van der Waals surface area contributed by atoms with E-state index in [9.17, 15) is 9.59 Å². The van der Waals surface area contributed by atoms with Gasteiger partial charge in [0.2, 0.25) is 5.91 Å². The molecule has 33 heavy (non-hydrogen) atoms. The van der Waals surface area contributed by atoms with Crippen LogP contribution in [0.3, 0.4) is 0 Å². The van der Waals surface area contributed by atoms with E-state index in [1.807, 2.05) is 6.92 Å². The van der Waals surface area contributed by atoms with E-state index < -0.39 is 0 Å². The highest BCUT2D eigenvalue weighted by Crippen LogP contribution is 2.60. The van der Waals surface area contributed by atoms with Crippen LogP contribution in [0.1, 0.15) is 84.1 Å². The predicted octanol–water partition coefficient (Wildman–Crippen LogP) is 6.35. The lowest BCUT2D eigenvalue weighted by Crippen LogP contribution is -2.51. The number of fused-ring (bicyclic) bond motifs is 1. The van der Waals surface area contributed by atoms with Gasteiger partial charge in [0.1, 0.15) is 5.00 Å². The number of nitrogens with one attached hydrogen (secondary N) is 1. The molecule has 0 radical (unpaired) electrons. The molecule has 0 unspecified atom stereocenters. The van der Waals surface area contributed by atoms with E-state index in [1.165, 1.54) is 29.7 Å². The fourth-order valence-corrected chi connectivity index (χ4v) is 9.04. The lowest BCUT2D eigenvalue weighted by atomic mass is 9.49. The number of esters is 1. The van der Waals surface area contributed by atoms with Gasteiger partial charge in [-0.25, -0.2) is 4.79 Å². The molecule has 4 saturated carbocycles. The Balaban J connectivity index is 1.30. The van der Waals surface area contributed by atoms with Gasteiger partial charge >= 0.3 is 5.97 Å². The largest absolute Gasteiger partial charge is 0.462 e. The van der Waals surface area contributed by atoms with Crippen LogP contribution in [0.4, 0.5) is 5.00 Å². The molecule has 5 heteroatoms. The number of thiophene rings is 1. The van der Waals surface area contributed by atoms with Crippen molar-refractivity contribution < 1.29 is 14.3 Å². The molecule has 1 amide bonds. The van der Waals surface area contributed by atoms with Crippen molar-refractivity contribution in [1.29, 1.82) is 0 Å². The molecular formula is C28H33NO3S. The summed E-state index contributed by atoms with van der Waals surface area (Å²) in [6, 6.07) is 10.7. The number of ether oxygens (including phenoxy) is 1. The van der Waals surface area contributed by atoms with Crippen molar-refractivity contribution in [3.63, 3.8) is 0 Å². The minimum absolute atomic E-state index is 0.158. The molecule has 1 atom stereocenters. The van der Waals surface area contributed by atoms with Gasteiger partial charge in [0.25, 0.3) is 0 Å². The van der Waals surface area contributed by atoms with E-state index >= 15 is 0 Å². The van der Waals surface area contributed by atoms with Crippen LogP contribution in [0.15, 0.2) is 30.3 Å². The van der Waals surface area contributed by atoms with Gasteiger partial charge in [0.05, 0.1) is 17.6 Å². The minimum Gasteiger partial charge on any atom is -0.462 e. The Hall–Kier alpha value is -2.14. The molecule has 4 bridgehead atoms. The summed E-state index contributed by atoms with van der Waals surface area (Å²) in [6.07, 6.45) is 9.82. The van der Waals surface area contributed by atoms with E-state index in [2.05, 4.69) is 35.6 Å². The Morgan fingerprint density at radius 2 is 1.73 bits per heavy atom. The smallest absolute Gasteiger partial charge is 0.341 e. The highest BCUT2D eigenvalue weighted by atomic mass is 32.1. The number of rotatable bonds is 5. The summed E-state index contributed by atoms with van der Waals surface area (Å²) in [5.41, 5.74) is 2.86. The zero-order chi connectivity index (χ0) is 22.6. The highest BCUT2D eigenvalue weighted by molar-refractivity contribution is 7.17. The second-order valence-electron chi connectivity index (χ2n) is 10.9. The summed E-state index contributed by atoms with van der Waals surface area (Å²) in [5, 5.41) is 4.03. The Morgan fingerprint density at radius 3 is 2.36 bits per heavy atom. The molecule has 4 fully saturated rings. The molecular weight excluding hydrogens is 430 g/mol. The molecule has 5 aliphatic rings. The summed E-state index contributed by atoms with van der Waals surface area (Å²) in [7, 11) is 0. The van der Waals surface area contributed by atoms with Crippen LogP contribution in [0.25, 0.3) is 0 Å². The first-order valence-corrected chi connectivity index (χ1v) is 13.5. The zero-order valence-corrected chi connectivity index (χ0v) is 20.2. The lowest BCUT2D eigenvalue weighted by Gasteiger charge is -2.55. The number of carbonyl (C=O) groups is 2. The van der Waals surface area contributed by atoms with Gasteiger partial charge in [0.15, 0.2) is 0 Å². The van der Waals surface area contributed by atoms with E-state index in [-0.39, 0.29) is 17.3 Å². The molecule has 1 N–H and O–H groups in total. The number of hydrogen-bond donors (Lipinski definition) is 1. The summed E-state index contributed by atoms with van der Waals surface area (Å²) in [6.45, 7) is 2.19. The topological polar surface area (TPSA) is 55.4 Å². The van der Waals surface area contributed by atoms with Crippen LogP contribution in [0.5, 0.6) is 0 Å². The van der Waals surface area contributed by atoms with Crippen LogP contribution in [0.2, 0.25) is 0 Å². The SMILES string of the molecule is CCOC(=O)c1c(NC(=O)C23CC4CC(CC(C4)C2)C3)sc2c1CC[C@@H](c1ccccc1)C2. The second kappa shape index (κ2) is 8.26. The lowest BCUT2D eigenvalue weighted by molar-refractivity contribution is -0.140. The van der Waals surface area contributed by atoms with E-state index in [0.717, 1.165) is 66.8 Å². The standard InChI is InChI=1S/C28H33NO3S/c1-2-32-26(30)24-22-9-8-21(20-6-4-3-5-7-20)13-23(22)33-25(24)29-27(31)28-14-17-10-18(15-28)12-19(11-17)16-28/h3-7,17-19,21H,2,8-16H2,1H3,(H,29,31)/t17?,18?,19?,21-,28?/m1/s1. The average molecular weight is 464 g/mol. The molecule has 4 nitrogen and oxygen atoms in total. The minimum atomic E-state index is -0.283. The third-order valence-corrected chi connectivity index (χ3v) is 9.93. The summed E-state index contributed by atoms with van der Waals surface area (Å²) >= 11 is 1.61. The number of carbonyl (C=O) groups excluding carboxylic acids is 2. The molecule has 0 aliphatic heterocycles. The number of amides is 1. The van der Waals surface area contributed by atoms with Gasteiger partial charge < -0.3 is 10.1 Å². The predicted molar refractivity (Wildman–Crippen MR) is 131 cm³/mol. The zero-order valence-electron chi connectivity index (χ0n) is 19.4. The van der Waals surface area contributed by atoms with Crippen molar-refractivity contribution >= 4 is 28.2 Å². The normalized spacial score (nSPS) is 31.8. The van der Waals surface area contributed by atoms with Crippen molar-refractivity contribution in [1.82, 2.24) is 0 Å². The number of anilines is 1. The molecule has 7 rings (SSSR count). The van der Waals surface area contributed by atoms with E-state index in [1.54, 1.807) is 11.3 Å². The Morgan fingerprint density at radius 1 is 1.06 bits per heavy atom. The third-order valence-electron chi connectivity index (χ3n) is 8.76. The van der Waals surface area contributed by atoms with Crippen molar-refractivity contribution in [3.8, 4) is 0 Å². The molecule has 1 heterocycles. The first-order valence-electron chi connectivity index (χ1n) is 12.7. The quantitative estimate of drug-likeness (QED) is 0.526. The maximum atomic E-state index is 13.7. The maximum Gasteiger partial charge on any atom is 0.341 e. The van der Waals surface area contributed by atoms with E-state index in [4.69, 9.17) is 4.74 Å². The van der Waals surface area contributed by atoms with Gasteiger partial charge in [0, 0.05) is 4.88 Å². The third kappa shape index (κ3) is 3.73. The van der Waals surface area contributed by atoms with Crippen LogP contribution >= 0.6 is 11.3 Å². The summed E-state index contributed by atoms with van der Waals surface area (Å²) < 4.78 is 5.45. The fraction of sp³-hybridized carbons (Fsp3) is 0.571. The van der Waals surface area contributed by atoms with Gasteiger partial charge in [-0.05, 0) is 99.5 Å². The van der Waals surface area contributed by atoms with Crippen molar-refractivity contribution in [2.24, 2.45) is 23.2 Å². The molecule has 1 aromatic heterocycles. The Bertz CT molecular complexity index is 1040. The van der Waals surface area contributed by atoms with Crippen LogP contribution < -0.4 is 5.32 Å². The maximum absolute atomic E-state index is 13.7. The molecule has 0 saturated heterocycles. The monoisotopic (exact) mass is 463 g/mol. The average Bonchev–Trinajstić information content (AvgIpc) is 3.16. The summed E-state index contributed by atoms with van der Waals surface area (Å²) in [5.74, 6) is 2.48. The van der Waals surface area contributed by atoms with Gasteiger partial charge in [-0.3, -0.25) is 4.79 Å². The second-order valence-corrected chi connectivity index (χ2v) is 12.0. The van der Waals surface area contributed by atoms with E-state index in [0.29, 0.717) is 18.1 Å². The fourth-order valence-electron chi connectivity index (χ4n) is 7.73. The van der Waals surface area contributed by atoms with Crippen molar-refractivity contribution in [2.45, 2.75) is 70.6 Å². The van der Waals surface area contributed by atoms with Crippen LogP contribution in [-0.2, 0) is 22.4 Å². The van der Waals surface area contributed by atoms with Gasteiger partial charge in [-0.2, -0.15) is 0 Å². The summed E-state index contributed by atoms with van der Waals surface area (Å²) in [4.78, 5) is 28.0. The van der Waals surface area contributed by atoms with Crippen molar-refractivity contribution in [2.75, 3.05) is 11.9 Å². The number of benzene rings is 1. The van der Waals surface area contributed by atoms with Gasteiger partial charge in [-0.15, -0.1) is 11.3 Å². The highest BCUT2D eigenvalue weighted by Gasteiger charge is 2.54. The Kier molecular flexibility index (Phi) is 5.36. The Labute approximate surface area is 200 Å². The molecule has 5 aliphatic carbocycles. The van der Waals surface area contributed by atoms with Crippen molar-refractivity contribution in [3.05, 3.63) is 51.9 Å². The first-order chi connectivity index (χ1) is 16.0. The van der Waals surface area contributed by atoms with Crippen LogP contribution in [0, 0.1) is 23.2 Å². The first kappa shape index (κ1) is 21.4.